The van der Waals surface area contributed by atoms with Crippen molar-refractivity contribution in [3.05, 3.63) is 429 Å². The number of para-hydroxylation sites is 4. The molecule has 2 heterocycles. The molecule has 0 radical (unpaired) electrons. The number of rotatable bonds is 17. The van der Waals surface area contributed by atoms with Gasteiger partial charge in [0.1, 0.15) is 5.75 Å². The van der Waals surface area contributed by atoms with E-state index in [1.165, 1.54) is 123 Å². The van der Waals surface area contributed by atoms with Crippen molar-refractivity contribution >= 4 is 89.5 Å². The van der Waals surface area contributed by atoms with Crippen LogP contribution in [0.25, 0.3) is 122 Å². The van der Waals surface area contributed by atoms with Gasteiger partial charge in [-0.2, -0.15) is 0 Å². The van der Waals surface area contributed by atoms with Gasteiger partial charge in [-0.3, -0.25) is 4.79 Å². The van der Waals surface area contributed by atoms with Crippen LogP contribution in [0.2, 0.25) is 0 Å². The highest BCUT2D eigenvalue weighted by molar-refractivity contribution is 6.12. The van der Waals surface area contributed by atoms with Gasteiger partial charge in [0, 0.05) is 90.4 Å². The number of carbonyl (C=O) groups is 2. The molecule has 0 atom stereocenters. The first-order valence-electron chi connectivity index (χ1n) is 39.6. The number of allylic oxidation sites excluding steroid dienone is 1. The van der Waals surface area contributed by atoms with Gasteiger partial charge in [-0.05, 0) is 246 Å². The van der Waals surface area contributed by atoms with Gasteiger partial charge in [0.25, 0.3) is 0 Å². The van der Waals surface area contributed by atoms with Crippen LogP contribution < -0.4 is 14.5 Å². The lowest BCUT2D eigenvalue weighted by molar-refractivity contribution is -0.129. The summed E-state index contributed by atoms with van der Waals surface area (Å²) in [6.07, 6.45) is 2.94. The summed E-state index contributed by atoms with van der Waals surface area (Å²) in [6, 6.07) is 135. The maximum Gasteiger partial charge on any atom is 0.335 e. The molecule has 16 aromatic carbocycles. The standard InChI is InChI=1S/C55H42N2O.C54H40N2O2/c1-4-46(58)33-37-19-30-47-48-31-29-45(36-52(48)55(2,3)51(47)34-37)56(43-25-20-39(21-26-43)38-13-7-5-8-14-38)44-27-22-40(23-28-44)41-24-32-54-50(35-41)49-17-11-12-18-53(49)57(54)42-15-9-6-10-16-42;1-4-53(57)58-44-30-22-37(23-31-44)36-18-25-41(26-19-36)55(43-29-32-46-45-14-8-10-16-49(45)54(2,3)50(46)35-43)42-27-20-38(21-28-42)39-24-33-52-48(34-39)47-15-9-11-17-51(47)56(52)40-12-6-5-7-13-40/h4-32,34-36H,1,33H2,2-3H3;4-35H,1H2,2-3H3. The molecule has 0 unspecified atom stereocenters. The van der Waals surface area contributed by atoms with Crippen LogP contribution in [0, 0.1) is 0 Å². The largest absolute Gasteiger partial charge is 0.423 e. The van der Waals surface area contributed by atoms with Crippen molar-refractivity contribution < 1.29 is 14.3 Å². The highest BCUT2D eigenvalue weighted by atomic mass is 16.5. The molecule has 556 valence electrons. The van der Waals surface area contributed by atoms with Gasteiger partial charge in [-0.15, -0.1) is 0 Å². The zero-order valence-corrected chi connectivity index (χ0v) is 65.1. The second kappa shape index (κ2) is 29.5. The molecule has 0 spiro atoms. The SMILES string of the molecule is C=CC(=O)Cc1ccc2c(c1)C(C)(C)c1cc(N(c3ccc(-c4ccccc4)cc3)c3ccc(-c4ccc5c(c4)c4ccccc4n5-c4ccccc4)cc3)ccc1-2.C=CC(=O)Oc1ccc(-c2ccc(N(c3ccc(-c4ccc5c(c4)c4ccccc4n5-c4ccccc4)cc3)c3ccc4c(c3)C(C)(C)c3ccccc3-4)cc2)cc1. The maximum atomic E-state index is 12.3. The van der Waals surface area contributed by atoms with Crippen molar-refractivity contribution in [3.63, 3.8) is 0 Å². The van der Waals surface area contributed by atoms with Crippen LogP contribution in [0.5, 0.6) is 5.75 Å². The summed E-state index contributed by atoms with van der Waals surface area (Å²) in [7, 11) is 0. The molecule has 7 heteroatoms. The summed E-state index contributed by atoms with van der Waals surface area (Å²) in [5.74, 6) is 0.0458. The molecule has 20 rings (SSSR count). The number of carbonyl (C=O) groups excluding carboxylic acids is 2. The summed E-state index contributed by atoms with van der Waals surface area (Å²) < 4.78 is 10.0. The van der Waals surface area contributed by atoms with Crippen molar-refractivity contribution in [2.45, 2.75) is 44.9 Å². The number of anilines is 6. The van der Waals surface area contributed by atoms with Gasteiger partial charge in [0.15, 0.2) is 5.78 Å². The number of nitrogens with zero attached hydrogens (tertiary/aromatic N) is 4. The lowest BCUT2D eigenvalue weighted by Gasteiger charge is -2.28. The number of benzene rings is 16. The number of ketones is 1. The Morgan fingerprint density at radius 1 is 0.302 bits per heavy atom. The summed E-state index contributed by atoms with van der Waals surface area (Å²) >= 11 is 0. The number of hydrogen-bond donors (Lipinski definition) is 0. The molecule has 2 aromatic heterocycles. The number of ether oxygens (including phenoxy) is 1. The molecule has 0 fully saturated rings. The summed E-state index contributed by atoms with van der Waals surface area (Å²) in [4.78, 5) is 28.7. The number of aromatic nitrogens is 2. The second-order valence-corrected chi connectivity index (χ2v) is 31.2. The third-order valence-corrected chi connectivity index (χ3v) is 23.6. The highest BCUT2D eigenvalue weighted by Crippen LogP contribution is 2.54. The lowest BCUT2D eigenvalue weighted by atomic mass is 9.81. The fourth-order valence-corrected chi connectivity index (χ4v) is 17.8. The molecular weight excluding hydrogens is 1410 g/mol. The summed E-state index contributed by atoms with van der Waals surface area (Å²) in [5, 5.41) is 4.95. The third-order valence-electron chi connectivity index (χ3n) is 23.6. The highest BCUT2D eigenvalue weighted by Gasteiger charge is 2.38. The molecule has 0 amide bonds. The molecule has 0 N–H and O–H groups in total. The fraction of sp³-hybridized carbons (Fsp3) is 0.0642. The molecule has 0 saturated carbocycles. The van der Waals surface area contributed by atoms with E-state index in [2.05, 4.69) is 412 Å². The Balaban J connectivity index is 0.000000155. The average molecular weight is 1500 g/mol. The predicted octanol–water partition coefficient (Wildman–Crippen LogP) is 28.2. The number of fused-ring (bicyclic) bond motifs is 12. The van der Waals surface area contributed by atoms with Crippen LogP contribution in [-0.4, -0.2) is 20.9 Å². The normalized spacial score (nSPS) is 12.6. The first kappa shape index (κ1) is 71.6. The Bertz CT molecular complexity index is 6850. The van der Waals surface area contributed by atoms with Crippen LogP contribution in [0.15, 0.2) is 401 Å². The van der Waals surface area contributed by atoms with E-state index < -0.39 is 5.97 Å². The van der Waals surface area contributed by atoms with E-state index in [1.807, 2.05) is 24.3 Å². The van der Waals surface area contributed by atoms with Crippen molar-refractivity contribution in [2.24, 2.45) is 0 Å². The topological polar surface area (TPSA) is 59.7 Å². The van der Waals surface area contributed by atoms with Gasteiger partial charge in [0.05, 0.1) is 22.1 Å². The molecule has 0 aliphatic heterocycles. The first-order valence-corrected chi connectivity index (χ1v) is 39.6. The van der Waals surface area contributed by atoms with Crippen LogP contribution in [0.1, 0.15) is 55.5 Å². The quantitative estimate of drug-likeness (QED) is 0.0516. The summed E-state index contributed by atoms with van der Waals surface area (Å²) in [6.45, 7) is 16.4. The van der Waals surface area contributed by atoms with Crippen molar-refractivity contribution in [1.29, 1.82) is 0 Å². The van der Waals surface area contributed by atoms with Gasteiger partial charge >= 0.3 is 5.97 Å². The molecule has 2 aliphatic rings. The van der Waals surface area contributed by atoms with E-state index >= 15 is 0 Å². The maximum absolute atomic E-state index is 12.3. The Labute approximate surface area is 676 Å². The number of esters is 1. The molecule has 0 bridgehead atoms. The van der Waals surface area contributed by atoms with Crippen molar-refractivity contribution in [1.82, 2.24) is 9.13 Å². The first-order chi connectivity index (χ1) is 56.7. The molecule has 7 nitrogen and oxygen atoms in total. The van der Waals surface area contributed by atoms with Gasteiger partial charge < -0.3 is 23.7 Å². The van der Waals surface area contributed by atoms with Gasteiger partial charge in [-0.25, -0.2) is 4.79 Å². The fourth-order valence-electron chi connectivity index (χ4n) is 17.8. The molecule has 0 saturated heterocycles. The summed E-state index contributed by atoms with van der Waals surface area (Å²) in [5.41, 5.74) is 33.7. The average Bonchev–Trinajstić information content (AvgIpc) is 1.59. The molecule has 2 aliphatic carbocycles. The Kier molecular flexibility index (Phi) is 18.2. The van der Waals surface area contributed by atoms with Crippen LogP contribution >= 0.6 is 0 Å². The van der Waals surface area contributed by atoms with Crippen molar-refractivity contribution in [3.8, 4) is 83.9 Å². The zero-order valence-electron chi connectivity index (χ0n) is 65.1. The minimum Gasteiger partial charge on any atom is -0.423 e. The van der Waals surface area contributed by atoms with Crippen LogP contribution in [0.3, 0.4) is 0 Å². The molecule has 116 heavy (non-hydrogen) atoms. The smallest absolute Gasteiger partial charge is 0.335 e. The minimum absolute atomic E-state index is 0.0340. The van der Waals surface area contributed by atoms with E-state index in [9.17, 15) is 9.59 Å². The Hall–Kier alpha value is -14.7. The molecular formula is C109H82N4O3. The van der Waals surface area contributed by atoms with E-state index in [4.69, 9.17) is 4.74 Å². The zero-order chi connectivity index (χ0) is 78.8. The Morgan fingerprint density at radius 3 is 1.09 bits per heavy atom. The van der Waals surface area contributed by atoms with Crippen molar-refractivity contribution in [2.75, 3.05) is 9.80 Å². The second-order valence-electron chi connectivity index (χ2n) is 31.2. The monoisotopic (exact) mass is 1490 g/mol. The predicted molar refractivity (Wildman–Crippen MR) is 483 cm³/mol. The van der Waals surface area contributed by atoms with Gasteiger partial charge in [0.2, 0.25) is 0 Å². The van der Waals surface area contributed by atoms with Crippen LogP contribution in [0.4, 0.5) is 34.1 Å². The minimum atomic E-state index is -0.475. The van der Waals surface area contributed by atoms with E-state index in [0.29, 0.717) is 12.2 Å². The van der Waals surface area contributed by atoms with E-state index in [-0.39, 0.29) is 16.6 Å². The number of hydrogen-bond acceptors (Lipinski definition) is 5. The molecule has 18 aromatic rings. The lowest BCUT2D eigenvalue weighted by Crippen LogP contribution is -2.17. The third kappa shape index (κ3) is 12.9. The van der Waals surface area contributed by atoms with E-state index in [0.717, 1.165) is 73.3 Å². The van der Waals surface area contributed by atoms with E-state index in [1.54, 1.807) is 0 Å². The van der Waals surface area contributed by atoms with Gasteiger partial charge in [-0.1, -0.05) is 271 Å². The van der Waals surface area contributed by atoms with Crippen LogP contribution in [-0.2, 0) is 26.8 Å². The Morgan fingerprint density at radius 2 is 0.638 bits per heavy atom.